The molecule has 5 heteroatoms. The van der Waals surface area contributed by atoms with E-state index >= 15 is 0 Å². The molecule has 0 saturated carbocycles. The fraction of sp³-hybridized carbons (Fsp3) is 0.364. The summed E-state index contributed by atoms with van der Waals surface area (Å²) in [5.74, 6) is 0.0199. The maximum Gasteiger partial charge on any atom is 0.251 e. The van der Waals surface area contributed by atoms with Crippen LogP contribution in [-0.2, 0) is 11.2 Å². The van der Waals surface area contributed by atoms with Gasteiger partial charge in [-0.3, -0.25) is 9.59 Å². The van der Waals surface area contributed by atoms with Gasteiger partial charge in [-0.05, 0) is 50.7 Å². The van der Waals surface area contributed by atoms with E-state index in [0.717, 1.165) is 25.1 Å². The van der Waals surface area contributed by atoms with Crippen LogP contribution in [0.3, 0.4) is 0 Å². The summed E-state index contributed by atoms with van der Waals surface area (Å²) >= 11 is 0. The zero-order valence-electron chi connectivity index (χ0n) is 16.0. The van der Waals surface area contributed by atoms with E-state index in [1.807, 2.05) is 44.4 Å². The van der Waals surface area contributed by atoms with E-state index in [1.165, 1.54) is 5.56 Å². The maximum absolute atomic E-state index is 12.6. The molecule has 1 aliphatic heterocycles. The van der Waals surface area contributed by atoms with Crippen molar-refractivity contribution in [2.24, 2.45) is 0 Å². The van der Waals surface area contributed by atoms with Crippen LogP contribution in [0, 0.1) is 0 Å². The van der Waals surface area contributed by atoms with Gasteiger partial charge in [-0.2, -0.15) is 0 Å². The molecule has 27 heavy (non-hydrogen) atoms. The molecule has 2 amide bonds. The van der Waals surface area contributed by atoms with Crippen LogP contribution in [0.1, 0.15) is 28.8 Å². The highest BCUT2D eigenvalue weighted by Gasteiger charge is 2.22. The quantitative estimate of drug-likeness (QED) is 0.821. The van der Waals surface area contributed by atoms with Gasteiger partial charge in [-0.1, -0.05) is 36.4 Å². The van der Waals surface area contributed by atoms with Gasteiger partial charge in [0.25, 0.3) is 5.91 Å². The van der Waals surface area contributed by atoms with Crippen LogP contribution in [0.4, 0.5) is 5.69 Å². The molecule has 2 aromatic rings. The summed E-state index contributed by atoms with van der Waals surface area (Å²) in [6.45, 7) is 1.29. The Morgan fingerprint density at radius 1 is 1.15 bits per heavy atom. The number of likely N-dealkylation sites (N-methyl/N-ethyl adjacent to an activating group) is 1. The second-order valence-electron chi connectivity index (χ2n) is 7.22. The van der Waals surface area contributed by atoms with Gasteiger partial charge >= 0.3 is 0 Å². The second-order valence-corrected chi connectivity index (χ2v) is 7.22. The largest absolute Gasteiger partial charge is 0.350 e. The van der Waals surface area contributed by atoms with Crippen molar-refractivity contribution in [3.05, 3.63) is 65.7 Å². The number of nitrogens with zero attached hydrogens (tertiary/aromatic N) is 2. The van der Waals surface area contributed by atoms with E-state index in [1.54, 1.807) is 17.0 Å². The molecule has 1 heterocycles. The van der Waals surface area contributed by atoms with Crippen molar-refractivity contribution >= 4 is 17.5 Å². The van der Waals surface area contributed by atoms with Gasteiger partial charge in [-0.15, -0.1) is 0 Å². The third kappa shape index (κ3) is 4.95. The topological polar surface area (TPSA) is 52.7 Å². The molecule has 3 rings (SSSR count). The molecule has 0 bridgehead atoms. The van der Waals surface area contributed by atoms with E-state index in [2.05, 4.69) is 22.3 Å². The molecule has 0 aliphatic carbocycles. The molecule has 0 radical (unpaired) electrons. The number of carbonyl (C=O) groups excluding carboxylic acids is 2. The smallest absolute Gasteiger partial charge is 0.251 e. The molecule has 0 spiro atoms. The Bertz CT molecular complexity index is 789. The molecule has 142 valence electrons. The highest BCUT2D eigenvalue weighted by Crippen LogP contribution is 2.22. The molecule has 2 aromatic carbocycles. The van der Waals surface area contributed by atoms with Gasteiger partial charge in [0.2, 0.25) is 5.91 Å². The number of rotatable bonds is 7. The van der Waals surface area contributed by atoms with Crippen molar-refractivity contribution in [3.63, 3.8) is 0 Å². The van der Waals surface area contributed by atoms with Crippen LogP contribution in [0.2, 0.25) is 0 Å². The fourth-order valence-corrected chi connectivity index (χ4v) is 3.37. The van der Waals surface area contributed by atoms with E-state index in [-0.39, 0.29) is 17.9 Å². The SMILES string of the molecule is CN(C)[C@H](CNC(=O)c1cccc(N2CCCC2=O)c1)Cc1ccccc1. The predicted molar refractivity (Wildman–Crippen MR) is 108 cm³/mol. The van der Waals surface area contributed by atoms with Gasteiger partial charge in [0, 0.05) is 36.8 Å². The number of hydrogen-bond donors (Lipinski definition) is 1. The summed E-state index contributed by atoms with van der Waals surface area (Å²) in [5.41, 5.74) is 2.64. The normalized spacial score (nSPS) is 15.2. The lowest BCUT2D eigenvalue weighted by Gasteiger charge is -2.25. The first-order valence-electron chi connectivity index (χ1n) is 9.43. The Balaban J connectivity index is 1.63. The Labute approximate surface area is 161 Å². The first kappa shape index (κ1) is 19.1. The number of anilines is 1. The maximum atomic E-state index is 12.6. The van der Waals surface area contributed by atoms with Crippen molar-refractivity contribution in [2.75, 3.05) is 32.1 Å². The minimum Gasteiger partial charge on any atom is -0.350 e. The summed E-state index contributed by atoms with van der Waals surface area (Å²) in [4.78, 5) is 28.5. The Morgan fingerprint density at radius 3 is 2.59 bits per heavy atom. The van der Waals surface area contributed by atoms with Gasteiger partial charge in [0.1, 0.15) is 0 Å². The summed E-state index contributed by atoms with van der Waals surface area (Å²) in [5, 5.41) is 3.05. The van der Waals surface area contributed by atoms with Gasteiger partial charge < -0.3 is 15.1 Å². The van der Waals surface area contributed by atoms with Crippen LogP contribution in [0.25, 0.3) is 0 Å². The standard InChI is InChI=1S/C22H27N3O2/c1-24(2)20(14-17-8-4-3-5-9-17)16-23-22(27)18-10-6-11-19(15-18)25-13-7-12-21(25)26/h3-6,8-11,15,20H,7,12-14,16H2,1-2H3,(H,23,27)/t20-/m0/s1. The fourth-order valence-electron chi connectivity index (χ4n) is 3.37. The van der Waals surface area contributed by atoms with Gasteiger partial charge in [-0.25, -0.2) is 0 Å². The summed E-state index contributed by atoms with van der Waals surface area (Å²) in [6, 6.07) is 17.8. The highest BCUT2D eigenvalue weighted by molar-refractivity contribution is 5.99. The monoisotopic (exact) mass is 365 g/mol. The minimum absolute atomic E-state index is 0.108. The Kier molecular flexibility index (Phi) is 6.24. The molecule has 1 N–H and O–H groups in total. The molecule has 0 aromatic heterocycles. The predicted octanol–water partition coefficient (Wildman–Crippen LogP) is 2.72. The zero-order chi connectivity index (χ0) is 19.2. The number of carbonyl (C=O) groups is 2. The molecule has 0 unspecified atom stereocenters. The molecular formula is C22H27N3O2. The number of nitrogens with one attached hydrogen (secondary N) is 1. The van der Waals surface area contributed by atoms with Crippen LogP contribution in [0.15, 0.2) is 54.6 Å². The van der Waals surface area contributed by atoms with Crippen LogP contribution in [0.5, 0.6) is 0 Å². The summed E-state index contributed by atoms with van der Waals surface area (Å²) in [7, 11) is 4.05. The van der Waals surface area contributed by atoms with Crippen LogP contribution in [-0.4, -0.2) is 49.9 Å². The molecule has 1 saturated heterocycles. The van der Waals surface area contributed by atoms with Crippen molar-refractivity contribution in [3.8, 4) is 0 Å². The van der Waals surface area contributed by atoms with E-state index in [0.29, 0.717) is 18.5 Å². The molecule has 1 fully saturated rings. The average Bonchev–Trinajstić information content (AvgIpc) is 3.11. The first-order valence-corrected chi connectivity index (χ1v) is 9.43. The summed E-state index contributed by atoms with van der Waals surface area (Å²) < 4.78 is 0. The third-order valence-corrected chi connectivity index (χ3v) is 5.04. The zero-order valence-corrected chi connectivity index (χ0v) is 16.0. The van der Waals surface area contributed by atoms with E-state index in [9.17, 15) is 9.59 Å². The Hall–Kier alpha value is -2.66. The van der Waals surface area contributed by atoms with Crippen molar-refractivity contribution in [2.45, 2.75) is 25.3 Å². The van der Waals surface area contributed by atoms with Gasteiger partial charge in [0.05, 0.1) is 0 Å². The lowest BCUT2D eigenvalue weighted by atomic mass is 10.0. The Morgan fingerprint density at radius 2 is 1.93 bits per heavy atom. The van der Waals surface area contributed by atoms with Crippen molar-refractivity contribution in [1.29, 1.82) is 0 Å². The van der Waals surface area contributed by atoms with Crippen LogP contribution >= 0.6 is 0 Å². The average molecular weight is 365 g/mol. The minimum atomic E-state index is -0.108. The molecule has 1 aliphatic rings. The third-order valence-electron chi connectivity index (χ3n) is 5.04. The lowest BCUT2D eigenvalue weighted by Crippen LogP contribution is -2.41. The van der Waals surface area contributed by atoms with Gasteiger partial charge in [0.15, 0.2) is 0 Å². The number of amides is 2. The highest BCUT2D eigenvalue weighted by atomic mass is 16.2. The van der Waals surface area contributed by atoms with Crippen molar-refractivity contribution in [1.82, 2.24) is 10.2 Å². The van der Waals surface area contributed by atoms with Crippen molar-refractivity contribution < 1.29 is 9.59 Å². The second kappa shape index (κ2) is 8.82. The van der Waals surface area contributed by atoms with Crippen LogP contribution < -0.4 is 10.2 Å². The number of hydrogen-bond acceptors (Lipinski definition) is 3. The first-order chi connectivity index (χ1) is 13.0. The lowest BCUT2D eigenvalue weighted by molar-refractivity contribution is -0.117. The molecular weight excluding hydrogens is 338 g/mol. The summed E-state index contributed by atoms with van der Waals surface area (Å²) in [6.07, 6.45) is 2.33. The van der Waals surface area contributed by atoms with E-state index in [4.69, 9.17) is 0 Å². The molecule has 1 atom stereocenters. The van der Waals surface area contributed by atoms with E-state index < -0.39 is 0 Å². The number of benzene rings is 2. The molecule has 5 nitrogen and oxygen atoms in total.